The Balaban J connectivity index is 1.99. The molecule has 0 saturated heterocycles. The Morgan fingerprint density at radius 3 is 2.95 bits per heavy atom. The molecule has 0 aliphatic rings. The van der Waals surface area contributed by atoms with E-state index in [1.807, 2.05) is 0 Å². The van der Waals surface area contributed by atoms with Crippen LogP contribution in [0.2, 0.25) is 0 Å². The van der Waals surface area contributed by atoms with Crippen molar-refractivity contribution < 1.29 is 15.1 Å². The average molecular weight is 288 g/mol. The van der Waals surface area contributed by atoms with Crippen molar-refractivity contribution in [1.29, 1.82) is 0 Å². The predicted molar refractivity (Wildman–Crippen MR) is 77.7 cm³/mol. The molecular weight excluding hydrogens is 268 g/mol. The van der Waals surface area contributed by atoms with Crippen molar-refractivity contribution in [1.82, 2.24) is 20.6 Å². The Morgan fingerprint density at radius 2 is 2.19 bits per heavy atom. The van der Waals surface area contributed by atoms with Gasteiger partial charge in [-0.2, -0.15) is 0 Å². The molecule has 2 rings (SSSR count). The second kappa shape index (κ2) is 7.14. The number of rotatable bonds is 5. The quantitative estimate of drug-likeness (QED) is 0.860. The summed E-state index contributed by atoms with van der Waals surface area (Å²) in [5.41, 5.74) is 0.0171. The summed E-state index contributed by atoms with van der Waals surface area (Å²) in [6.07, 6.45) is 1.91. The molecule has 0 radical (unpaired) electrons. The summed E-state index contributed by atoms with van der Waals surface area (Å²) in [5, 5.41) is 5.17. The highest BCUT2D eigenvalue weighted by atomic mass is 16.2. The Bertz CT molecular complexity index is 802. The molecule has 0 fully saturated rings. The van der Waals surface area contributed by atoms with Gasteiger partial charge < -0.3 is 10.6 Å². The van der Waals surface area contributed by atoms with Crippen molar-refractivity contribution >= 4 is 11.8 Å². The summed E-state index contributed by atoms with van der Waals surface area (Å²) < 4.78 is 30.2. The average Bonchev–Trinajstić information content (AvgIpc) is 2.58. The first-order valence-electron chi connectivity index (χ1n) is 8.24. The van der Waals surface area contributed by atoms with Gasteiger partial charge in [-0.15, -0.1) is 0 Å². The molecule has 0 aliphatic carbocycles. The number of carbonyl (C=O) groups excluding carboxylic acids is 2. The smallest absolute Gasteiger partial charge is 0.253 e. The molecule has 0 bridgehead atoms. The van der Waals surface area contributed by atoms with Crippen molar-refractivity contribution in [3.63, 3.8) is 0 Å². The van der Waals surface area contributed by atoms with Crippen LogP contribution in [0.1, 0.15) is 33.1 Å². The summed E-state index contributed by atoms with van der Waals surface area (Å²) in [4.78, 5) is 31.4. The molecular formula is C15H16N4O2. The van der Waals surface area contributed by atoms with E-state index >= 15 is 0 Å². The van der Waals surface area contributed by atoms with Crippen LogP contribution in [0.5, 0.6) is 0 Å². The highest BCUT2D eigenvalue weighted by Gasteiger charge is 2.11. The molecule has 2 aromatic heterocycles. The van der Waals surface area contributed by atoms with Gasteiger partial charge in [0.2, 0.25) is 0 Å². The van der Waals surface area contributed by atoms with E-state index in [1.54, 1.807) is 25.3 Å². The number of hydrogen-bond acceptors (Lipinski definition) is 4. The SMILES string of the molecule is [2H]c1nc([2H])c(C(=O)NC(C)CNC(=O)c2cccnc2)c([2H])c1[2H]. The van der Waals surface area contributed by atoms with Gasteiger partial charge in [-0.1, -0.05) is 0 Å². The zero-order chi connectivity index (χ0) is 18.6. The van der Waals surface area contributed by atoms with Gasteiger partial charge in [0, 0.05) is 37.3 Å². The van der Waals surface area contributed by atoms with Gasteiger partial charge in [0.05, 0.1) is 16.6 Å². The summed E-state index contributed by atoms with van der Waals surface area (Å²) in [6, 6.07) is 1.71. The minimum Gasteiger partial charge on any atom is -0.350 e. The van der Waals surface area contributed by atoms with Gasteiger partial charge >= 0.3 is 0 Å². The molecule has 0 spiro atoms. The number of aromatic nitrogens is 2. The standard InChI is InChI=1S/C15H16N4O2/c1-11(19-15(21)13-5-3-7-17-10-13)8-18-14(20)12-4-2-6-16-9-12/h2-7,9-11H,8H2,1H3,(H,18,20)(H,19,21)/i3D,5D,7D,10D. The maximum Gasteiger partial charge on any atom is 0.253 e. The highest BCUT2D eigenvalue weighted by Crippen LogP contribution is 1.97. The van der Waals surface area contributed by atoms with Crippen molar-refractivity contribution in [3.05, 3.63) is 60.1 Å². The van der Waals surface area contributed by atoms with Crippen LogP contribution < -0.4 is 10.6 Å². The molecule has 6 heteroatoms. The van der Waals surface area contributed by atoms with Gasteiger partial charge in [-0.05, 0) is 31.1 Å². The van der Waals surface area contributed by atoms with E-state index in [4.69, 9.17) is 5.48 Å². The third kappa shape index (κ3) is 4.38. The zero-order valence-corrected chi connectivity index (χ0v) is 11.3. The van der Waals surface area contributed by atoms with E-state index in [-0.39, 0.29) is 18.0 Å². The van der Waals surface area contributed by atoms with Gasteiger partial charge in [-0.3, -0.25) is 19.6 Å². The normalized spacial score (nSPS) is 14.1. The monoisotopic (exact) mass is 288 g/mol. The fourth-order valence-corrected chi connectivity index (χ4v) is 1.53. The maximum atomic E-state index is 12.2. The topological polar surface area (TPSA) is 84.0 Å². The number of carbonyl (C=O) groups is 2. The van der Waals surface area contributed by atoms with E-state index in [9.17, 15) is 9.59 Å². The molecule has 2 aromatic rings. The zero-order valence-electron chi connectivity index (χ0n) is 15.3. The number of hydrogen-bond donors (Lipinski definition) is 2. The van der Waals surface area contributed by atoms with E-state index in [2.05, 4.69) is 20.6 Å². The number of pyridine rings is 2. The molecule has 6 nitrogen and oxygen atoms in total. The van der Waals surface area contributed by atoms with Crippen LogP contribution in [0, 0.1) is 0 Å². The van der Waals surface area contributed by atoms with Crippen LogP contribution in [-0.2, 0) is 0 Å². The van der Waals surface area contributed by atoms with Crippen molar-refractivity contribution in [2.75, 3.05) is 6.54 Å². The van der Waals surface area contributed by atoms with Crippen molar-refractivity contribution in [3.8, 4) is 0 Å². The number of nitrogens with zero attached hydrogens (tertiary/aromatic N) is 2. The third-order valence-electron chi connectivity index (χ3n) is 2.56. The third-order valence-corrected chi connectivity index (χ3v) is 2.56. The largest absolute Gasteiger partial charge is 0.350 e. The lowest BCUT2D eigenvalue weighted by Gasteiger charge is -2.14. The van der Waals surface area contributed by atoms with Crippen molar-refractivity contribution in [2.45, 2.75) is 13.0 Å². The molecule has 1 unspecified atom stereocenters. The van der Waals surface area contributed by atoms with Crippen molar-refractivity contribution in [2.24, 2.45) is 0 Å². The lowest BCUT2D eigenvalue weighted by atomic mass is 10.2. The molecule has 2 heterocycles. The van der Waals surface area contributed by atoms with Gasteiger partial charge in [0.25, 0.3) is 11.8 Å². The fourth-order valence-electron chi connectivity index (χ4n) is 1.53. The van der Waals surface area contributed by atoms with E-state index < -0.39 is 36.4 Å². The summed E-state index contributed by atoms with van der Waals surface area (Å²) in [5.74, 6) is -1.09. The Hall–Kier alpha value is -2.76. The van der Waals surface area contributed by atoms with Crippen LogP contribution in [0.4, 0.5) is 0 Å². The Morgan fingerprint density at radius 1 is 1.33 bits per heavy atom. The second-order valence-corrected chi connectivity index (χ2v) is 4.29. The first-order valence-corrected chi connectivity index (χ1v) is 6.24. The van der Waals surface area contributed by atoms with Crippen LogP contribution in [-0.4, -0.2) is 34.4 Å². The van der Waals surface area contributed by atoms with E-state index in [0.717, 1.165) is 0 Å². The summed E-state index contributed by atoms with van der Waals surface area (Å²) in [6.45, 7) is 1.76. The second-order valence-electron chi connectivity index (χ2n) is 4.29. The number of nitrogens with one attached hydrogen (secondary N) is 2. The number of amides is 2. The highest BCUT2D eigenvalue weighted by molar-refractivity contribution is 5.95. The Labute approximate surface area is 128 Å². The molecule has 21 heavy (non-hydrogen) atoms. The van der Waals surface area contributed by atoms with Crippen LogP contribution in [0.25, 0.3) is 0 Å². The molecule has 2 N–H and O–H groups in total. The molecule has 2 amide bonds. The molecule has 0 aromatic carbocycles. The van der Waals surface area contributed by atoms with E-state index in [1.165, 1.54) is 6.20 Å². The summed E-state index contributed by atoms with van der Waals surface area (Å²) >= 11 is 0. The predicted octanol–water partition coefficient (Wildman–Crippen LogP) is 1.02. The first-order chi connectivity index (χ1) is 11.8. The minimum absolute atomic E-state index is 0.123. The Kier molecular flexibility index (Phi) is 3.41. The fraction of sp³-hybridized carbons (Fsp3) is 0.200. The lowest BCUT2D eigenvalue weighted by Crippen LogP contribution is -2.41. The van der Waals surface area contributed by atoms with E-state index in [0.29, 0.717) is 5.56 Å². The van der Waals surface area contributed by atoms with Gasteiger partial charge in [0.15, 0.2) is 0 Å². The molecule has 1 atom stereocenters. The van der Waals surface area contributed by atoms with Crippen LogP contribution >= 0.6 is 0 Å². The molecule has 108 valence electrons. The lowest BCUT2D eigenvalue weighted by molar-refractivity contribution is 0.0912. The van der Waals surface area contributed by atoms with Gasteiger partial charge in [-0.25, -0.2) is 0 Å². The molecule has 0 aliphatic heterocycles. The van der Waals surface area contributed by atoms with Gasteiger partial charge in [0.1, 0.15) is 0 Å². The van der Waals surface area contributed by atoms with Crippen LogP contribution in [0.3, 0.4) is 0 Å². The summed E-state index contributed by atoms with van der Waals surface area (Å²) in [7, 11) is 0. The van der Waals surface area contributed by atoms with Crippen LogP contribution in [0.15, 0.2) is 49.0 Å². The maximum absolute atomic E-state index is 12.2. The first kappa shape index (κ1) is 10.0. The minimum atomic E-state index is -0.751. The molecule has 0 saturated carbocycles.